The summed E-state index contributed by atoms with van der Waals surface area (Å²) >= 11 is 0. The smallest absolute Gasteiger partial charge is 0.345 e. The Morgan fingerprint density at radius 1 is 1.15 bits per heavy atom. The third kappa shape index (κ3) is 4.18. The number of esters is 2. The summed E-state index contributed by atoms with van der Waals surface area (Å²) in [4.78, 5) is 23.0. The van der Waals surface area contributed by atoms with Crippen LogP contribution in [0.25, 0.3) is 6.08 Å². The van der Waals surface area contributed by atoms with E-state index < -0.39 is 11.9 Å². The molecule has 0 atom stereocenters. The minimum atomic E-state index is -0.760. The monoisotopic (exact) mass is 274 g/mol. The second-order valence-electron chi connectivity index (χ2n) is 3.60. The maximum Gasteiger partial charge on any atom is 0.345 e. The van der Waals surface area contributed by atoms with E-state index in [0.717, 1.165) is 0 Å². The van der Waals surface area contributed by atoms with Gasteiger partial charge in [-0.2, -0.15) is 0 Å². The third-order valence-corrected chi connectivity index (χ3v) is 2.32. The van der Waals surface area contributed by atoms with Crippen LogP contribution >= 0.6 is 0 Å². The SMILES string of the molecule is C#CCOc1ccc(C=C(C(=O)OC)C(=O)OC)cc1. The Hall–Kier alpha value is -2.74. The molecule has 0 aliphatic carbocycles. The highest BCUT2D eigenvalue weighted by Gasteiger charge is 2.19. The van der Waals surface area contributed by atoms with Crippen LogP contribution in [0.3, 0.4) is 0 Å². The zero-order valence-corrected chi connectivity index (χ0v) is 11.2. The van der Waals surface area contributed by atoms with Crippen molar-refractivity contribution in [2.45, 2.75) is 0 Å². The van der Waals surface area contributed by atoms with Crippen LogP contribution in [0.2, 0.25) is 0 Å². The van der Waals surface area contributed by atoms with E-state index in [-0.39, 0.29) is 12.2 Å². The minimum absolute atomic E-state index is 0.171. The fraction of sp³-hybridized carbons (Fsp3) is 0.200. The summed E-state index contributed by atoms with van der Waals surface area (Å²) in [7, 11) is 2.38. The van der Waals surface area contributed by atoms with Gasteiger partial charge in [0.15, 0.2) is 0 Å². The summed E-state index contributed by atoms with van der Waals surface area (Å²) in [5.74, 6) is 1.43. The first-order chi connectivity index (χ1) is 9.62. The normalized spacial score (nSPS) is 9.05. The van der Waals surface area contributed by atoms with Crippen LogP contribution in [0.1, 0.15) is 5.56 Å². The Morgan fingerprint density at radius 2 is 1.70 bits per heavy atom. The van der Waals surface area contributed by atoms with E-state index in [2.05, 4.69) is 15.4 Å². The maximum absolute atomic E-state index is 11.5. The highest BCUT2D eigenvalue weighted by Crippen LogP contribution is 2.15. The molecule has 20 heavy (non-hydrogen) atoms. The van der Waals surface area contributed by atoms with E-state index >= 15 is 0 Å². The van der Waals surface area contributed by atoms with Gasteiger partial charge in [0.2, 0.25) is 0 Å². The van der Waals surface area contributed by atoms with Crippen LogP contribution in [-0.2, 0) is 19.1 Å². The standard InChI is InChI=1S/C15H14O5/c1-4-9-20-12-7-5-11(6-8-12)10-13(14(16)18-2)15(17)19-3/h1,5-8,10H,9H2,2-3H3. The lowest BCUT2D eigenvalue weighted by molar-refractivity contribution is -0.143. The quantitative estimate of drug-likeness (QED) is 0.267. The van der Waals surface area contributed by atoms with Crippen LogP contribution < -0.4 is 4.74 Å². The fourth-order valence-electron chi connectivity index (χ4n) is 1.37. The van der Waals surface area contributed by atoms with Crippen LogP contribution in [0, 0.1) is 12.3 Å². The highest BCUT2D eigenvalue weighted by molar-refractivity contribution is 6.17. The number of carbonyl (C=O) groups is 2. The molecule has 0 saturated heterocycles. The number of terminal acetylenes is 1. The van der Waals surface area contributed by atoms with Gasteiger partial charge in [-0.05, 0) is 23.8 Å². The molecule has 0 fully saturated rings. The van der Waals surface area contributed by atoms with Gasteiger partial charge in [0.25, 0.3) is 0 Å². The van der Waals surface area contributed by atoms with E-state index in [0.29, 0.717) is 11.3 Å². The molecular weight excluding hydrogens is 260 g/mol. The van der Waals surface area contributed by atoms with Crippen molar-refractivity contribution < 1.29 is 23.8 Å². The van der Waals surface area contributed by atoms with Crippen molar-refractivity contribution in [2.24, 2.45) is 0 Å². The Morgan fingerprint density at radius 3 is 2.15 bits per heavy atom. The molecule has 104 valence electrons. The van der Waals surface area contributed by atoms with Crippen molar-refractivity contribution in [3.05, 3.63) is 35.4 Å². The van der Waals surface area contributed by atoms with Gasteiger partial charge in [-0.1, -0.05) is 18.1 Å². The zero-order valence-electron chi connectivity index (χ0n) is 11.2. The Balaban J connectivity index is 2.97. The van der Waals surface area contributed by atoms with Crippen LogP contribution in [0.15, 0.2) is 29.8 Å². The van der Waals surface area contributed by atoms with Crippen LogP contribution in [0.4, 0.5) is 0 Å². The first-order valence-electron chi connectivity index (χ1n) is 5.67. The van der Waals surface area contributed by atoms with Gasteiger partial charge in [-0.3, -0.25) is 0 Å². The number of ether oxygens (including phenoxy) is 3. The van der Waals surface area contributed by atoms with E-state index in [1.807, 2.05) is 0 Å². The second kappa shape index (κ2) is 7.64. The number of hydrogen-bond donors (Lipinski definition) is 0. The lowest BCUT2D eigenvalue weighted by Crippen LogP contribution is -2.15. The Bertz CT molecular complexity index is 531. The second-order valence-corrected chi connectivity index (χ2v) is 3.60. The molecule has 0 spiro atoms. The van der Waals surface area contributed by atoms with Gasteiger partial charge >= 0.3 is 11.9 Å². The first-order valence-corrected chi connectivity index (χ1v) is 5.67. The van der Waals surface area contributed by atoms with Crippen molar-refractivity contribution in [1.29, 1.82) is 0 Å². The highest BCUT2D eigenvalue weighted by atomic mass is 16.5. The number of rotatable bonds is 5. The molecule has 5 heteroatoms. The van der Waals surface area contributed by atoms with Crippen molar-refractivity contribution in [3.8, 4) is 18.1 Å². The Kier molecular flexibility index (Phi) is 5.85. The molecule has 0 bridgehead atoms. The van der Waals surface area contributed by atoms with Crippen molar-refractivity contribution in [3.63, 3.8) is 0 Å². The summed E-state index contributed by atoms with van der Waals surface area (Å²) in [6.45, 7) is 0.171. The molecule has 0 aliphatic heterocycles. The van der Waals surface area contributed by atoms with Gasteiger partial charge in [0.1, 0.15) is 17.9 Å². The summed E-state index contributed by atoms with van der Waals surface area (Å²) in [6, 6.07) is 6.71. The van der Waals surface area contributed by atoms with Crippen molar-refractivity contribution in [2.75, 3.05) is 20.8 Å². The molecule has 5 nitrogen and oxygen atoms in total. The first kappa shape index (κ1) is 15.3. The van der Waals surface area contributed by atoms with Crippen molar-refractivity contribution in [1.82, 2.24) is 0 Å². The number of benzene rings is 1. The molecule has 0 amide bonds. The van der Waals surface area contributed by atoms with Gasteiger partial charge in [-0.15, -0.1) is 6.42 Å². The molecular formula is C15H14O5. The average Bonchev–Trinajstić information content (AvgIpc) is 2.50. The predicted molar refractivity (Wildman–Crippen MR) is 72.8 cm³/mol. The molecule has 1 rings (SSSR count). The summed E-state index contributed by atoms with van der Waals surface area (Å²) in [5, 5.41) is 0. The topological polar surface area (TPSA) is 61.8 Å². The van der Waals surface area contributed by atoms with Gasteiger partial charge in [0.05, 0.1) is 14.2 Å². The Labute approximate surface area is 117 Å². The van der Waals surface area contributed by atoms with E-state index in [9.17, 15) is 9.59 Å². The lowest BCUT2D eigenvalue weighted by Gasteiger charge is -2.05. The number of methoxy groups -OCH3 is 2. The number of hydrogen-bond acceptors (Lipinski definition) is 5. The number of carbonyl (C=O) groups excluding carboxylic acids is 2. The molecule has 1 aromatic rings. The average molecular weight is 274 g/mol. The lowest BCUT2D eigenvalue weighted by atomic mass is 10.1. The van der Waals surface area contributed by atoms with Crippen LogP contribution in [-0.4, -0.2) is 32.8 Å². The summed E-state index contributed by atoms with van der Waals surface area (Å²) < 4.78 is 14.3. The molecule has 0 saturated carbocycles. The maximum atomic E-state index is 11.5. The summed E-state index contributed by atoms with van der Waals surface area (Å²) in [5.41, 5.74) is 0.441. The van der Waals surface area contributed by atoms with Crippen LogP contribution in [0.5, 0.6) is 5.75 Å². The van der Waals surface area contributed by atoms with Gasteiger partial charge in [0, 0.05) is 0 Å². The van der Waals surface area contributed by atoms with Gasteiger partial charge in [-0.25, -0.2) is 9.59 Å². The molecule has 1 aromatic carbocycles. The molecule has 0 unspecified atom stereocenters. The fourth-order valence-corrected chi connectivity index (χ4v) is 1.37. The zero-order chi connectivity index (χ0) is 15.0. The molecule has 0 aromatic heterocycles. The molecule has 0 heterocycles. The van der Waals surface area contributed by atoms with Crippen molar-refractivity contribution >= 4 is 18.0 Å². The van der Waals surface area contributed by atoms with E-state index in [4.69, 9.17) is 11.2 Å². The minimum Gasteiger partial charge on any atom is -0.481 e. The predicted octanol–water partition coefficient (Wildman–Crippen LogP) is 1.43. The molecule has 0 aliphatic rings. The molecule has 0 N–H and O–H groups in total. The summed E-state index contributed by atoms with van der Waals surface area (Å²) in [6.07, 6.45) is 6.46. The third-order valence-electron chi connectivity index (χ3n) is 2.32. The van der Waals surface area contributed by atoms with E-state index in [1.165, 1.54) is 20.3 Å². The largest absolute Gasteiger partial charge is 0.481 e. The van der Waals surface area contributed by atoms with E-state index in [1.54, 1.807) is 24.3 Å². The van der Waals surface area contributed by atoms with Gasteiger partial charge < -0.3 is 14.2 Å². The molecule has 0 radical (unpaired) electrons.